The first kappa shape index (κ1) is 23.3. The monoisotopic (exact) mass is 555 g/mol. The lowest BCUT2D eigenvalue weighted by Crippen LogP contribution is -2.46. The number of nitrogens with zero attached hydrogens (tertiary/aromatic N) is 6. The number of hydrogen-bond acceptors (Lipinski definition) is 11. The van der Waals surface area contributed by atoms with E-state index in [-0.39, 0.29) is 6.79 Å². The van der Waals surface area contributed by atoms with Gasteiger partial charge in [0.05, 0.1) is 5.69 Å². The SMILES string of the molecule is c1cc(-n2cnc3c(Nc4ccc5c(c4)OCO5)nc(N4CCN(Cc5ccc6c(c5)OCO6)CC4)nc32)cs1. The molecule has 6 heterocycles. The second-order valence-electron chi connectivity index (χ2n) is 9.78. The molecule has 0 spiro atoms. The summed E-state index contributed by atoms with van der Waals surface area (Å²) in [5.41, 5.74) is 4.54. The van der Waals surface area contributed by atoms with E-state index in [1.54, 1.807) is 17.7 Å². The highest BCUT2D eigenvalue weighted by atomic mass is 32.1. The van der Waals surface area contributed by atoms with E-state index in [9.17, 15) is 0 Å². The minimum Gasteiger partial charge on any atom is -0.454 e. The van der Waals surface area contributed by atoms with E-state index in [0.717, 1.165) is 67.0 Å². The quantitative estimate of drug-likeness (QED) is 0.325. The van der Waals surface area contributed by atoms with Gasteiger partial charge in [0, 0.05) is 49.9 Å². The van der Waals surface area contributed by atoms with Crippen molar-refractivity contribution in [2.75, 3.05) is 50.0 Å². The molecule has 5 aromatic rings. The Balaban J connectivity index is 1.07. The number of benzene rings is 2. The summed E-state index contributed by atoms with van der Waals surface area (Å²) in [7, 11) is 0. The van der Waals surface area contributed by atoms with Gasteiger partial charge in [0.1, 0.15) is 6.33 Å². The third-order valence-corrected chi connectivity index (χ3v) is 7.97. The van der Waals surface area contributed by atoms with Crippen LogP contribution in [0, 0.1) is 0 Å². The Hall–Kier alpha value is -4.55. The van der Waals surface area contributed by atoms with E-state index >= 15 is 0 Å². The molecule has 12 heteroatoms. The molecule has 2 aromatic carbocycles. The van der Waals surface area contributed by atoms with Gasteiger partial charge in [-0.2, -0.15) is 21.3 Å². The Morgan fingerprint density at radius 1 is 0.825 bits per heavy atom. The number of anilines is 3. The van der Waals surface area contributed by atoms with E-state index in [0.29, 0.717) is 29.8 Å². The molecule has 11 nitrogen and oxygen atoms in total. The standard InChI is InChI=1S/C28H25N7O4S/c1-3-21-23(38-16-36-21)11-18(1)13-33-6-8-34(9-7-33)28-31-26(30-19-2-4-22-24(12-19)39-17-37-22)25-27(32-28)35(15-29-25)20-5-10-40-14-20/h1-5,10-12,14-15H,6-9,13,16-17H2,(H,30,31,32). The largest absolute Gasteiger partial charge is 0.454 e. The van der Waals surface area contributed by atoms with Crippen molar-refractivity contribution in [2.45, 2.75) is 6.54 Å². The second kappa shape index (κ2) is 9.57. The smallest absolute Gasteiger partial charge is 0.231 e. The summed E-state index contributed by atoms with van der Waals surface area (Å²) in [5, 5.41) is 7.59. The molecule has 202 valence electrons. The van der Waals surface area contributed by atoms with Gasteiger partial charge in [0.2, 0.25) is 19.5 Å². The number of aromatic nitrogens is 4. The first-order valence-corrected chi connectivity index (χ1v) is 14.0. The third kappa shape index (κ3) is 4.21. The fraction of sp³-hybridized carbons (Fsp3) is 0.250. The second-order valence-corrected chi connectivity index (χ2v) is 10.6. The van der Waals surface area contributed by atoms with Crippen molar-refractivity contribution in [3.05, 3.63) is 65.1 Å². The molecule has 0 radical (unpaired) electrons. The average molecular weight is 556 g/mol. The number of nitrogens with one attached hydrogen (secondary N) is 1. The summed E-state index contributed by atoms with van der Waals surface area (Å²) < 4.78 is 24.1. The predicted octanol–water partition coefficient (Wildman–Crippen LogP) is 4.40. The highest BCUT2D eigenvalue weighted by molar-refractivity contribution is 7.08. The Bertz CT molecular complexity index is 1700. The summed E-state index contributed by atoms with van der Waals surface area (Å²) in [6.45, 7) is 4.78. The third-order valence-electron chi connectivity index (χ3n) is 7.30. The number of piperazine rings is 1. The summed E-state index contributed by atoms with van der Waals surface area (Å²) in [4.78, 5) is 19.3. The lowest BCUT2D eigenvalue weighted by atomic mass is 10.1. The van der Waals surface area contributed by atoms with Crippen molar-refractivity contribution in [3.63, 3.8) is 0 Å². The van der Waals surface area contributed by atoms with Crippen LogP contribution in [0.2, 0.25) is 0 Å². The van der Waals surface area contributed by atoms with Gasteiger partial charge in [0.15, 0.2) is 40.0 Å². The van der Waals surface area contributed by atoms with Crippen molar-refractivity contribution >= 4 is 40.0 Å². The summed E-state index contributed by atoms with van der Waals surface area (Å²) in [6, 6.07) is 14.0. The topological polar surface area (TPSA) is 99.0 Å². The van der Waals surface area contributed by atoms with Gasteiger partial charge in [-0.1, -0.05) is 6.07 Å². The molecule has 40 heavy (non-hydrogen) atoms. The van der Waals surface area contributed by atoms with Crippen LogP contribution in [0.4, 0.5) is 17.5 Å². The molecule has 3 aliphatic heterocycles. The molecule has 1 fully saturated rings. The molecule has 0 aliphatic carbocycles. The molecular weight excluding hydrogens is 530 g/mol. The zero-order chi connectivity index (χ0) is 26.5. The molecular formula is C28H25N7O4S. The van der Waals surface area contributed by atoms with Crippen LogP contribution in [0.3, 0.4) is 0 Å². The van der Waals surface area contributed by atoms with Crippen molar-refractivity contribution in [1.29, 1.82) is 0 Å². The maximum atomic E-state index is 5.57. The van der Waals surface area contributed by atoms with Gasteiger partial charge in [-0.15, -0.1) is 0 Å². The number of thiophene rings is 1. The molecule has 0 amide bonds. The molecule has 1 N–H and O–H groups in total. The van der Waals surface area contributed by atoms with Crippen LogP contribution in [-0.2, 0) is 6.54 Å². The van der Waals surface area contributed by atoms with Gasteiger partial charge in [-0.25, -0.2) is 4.98 Å². The molecule has 0 bridgehead atoms. The van der Waals surface area contributed by atoms with Gasteiger partial charge in [0.25, 0.3) is 0 Å². The minimum atomic E-state index is 0.229. The fourth-order valence-electron chi connectivity index (χ4n) is 5.21. The van der Waals surface area contributed by atoms with Gasteiger partial charge >= 0.3 is 0 Å². The Morgan fingerprint density at radius 2 is 1.60 bits per heavy atom. The van der Waals surface area contributed by atoms with E-state index in [1.165, 1.54) is 5.56 Å². The molecule has 8 rings (SSSR count). The lowest BCUT2D eigenvalue weighted by Gasteiger charge is -2.34. The van der Waals surface area contributed by atoms with Crippen LogP contribution < -0.4 is 29.2 Å². The van der Waals surface area contributed by atoms with E-state index in [4.69, 9.17) is 33.9 Å². The van der Waals surface area contributed by atoms with Crippen LogP contribution in [0.15, 0.2) is 59.6 Å². The van der Waals surface area contributed by atoms with E-state index in [2.05, 4.69) is 44.1 Å². The lowest BCUT2D eigenvalue weighted by molar-refractivity contribution is 0.173. The van der Waals surface area contributed by atoms with Crippen molar-refractivity contribution in [1.82, 2.24) is 24.4 Å². The Morgan fingerprint density at radius 3 is 2.40 bits per heavy atom. The van der Waals surface area contributed by atoms with E-state index < -0.39 is 0 Å². The van der Waals surface area contributed by atoms with Crippen LogP contribution >= 0.6 is 11.3 Å². The Labute approximate surface area is 233 Å². The van der Waals surface area contributed by atoms with Crippen LogP contribution in [0.25, 0.3) is 16.9 Å². The Kier molecular flexibility index (Phi) is 5.59. The minimum absolute atomic E-state index is 0.229. The van der Waals surface area contributed by atoms with Crippen LogP contribution in [0.1, 0.15) is 5.56 Å². The number of hydrogen-bond donors (Lipinski definition) is 1. The number of fused-ring (bicyclic) bond motifs is 3. The predicted molar refractivity (Wildman–Crippen MR) is 150 cm³/mol. The normalized spacial score (nSPS) is 16.1. The summed E-state index contributed by atoms with van der Waals surface area (Å²) in [5.74, 6) is 4.40. The zero-order valence-corrected chi connectivity index (χ0v) is 22.3. The molecule has 3 aliphatic rings. The highest BCUT2D eigenvalue weighted by Gasteiger charge is 2.24. The summed E-state index contributed by atoms with van der Waals surface area (Å²) in [6.07, 6.45) is 1.80. The van der Waals surface area contributed by atoms with Crippen LogP contribution in [0.5, 0.6) is 23.0 Å². The van der Waals surface area contributed by atoms with Gasteiger partial charge in [-0.3, -0.25) is 9.47 Å². The first-order chi connectivity index (χ1) is 19.8. The molecule has 3 aromatic heterocycles. The average Bonchev–Trinajstić information content (AvgIpc) is 3.79. The number of rotatable bonds is 6. The number of imidazole rings is 1. The number of ether oxygens (including phenoxy) is 4. The van der Waals surface area contributed by atoms with Gasteiger partial charge < -0.3 is 29.2 Å². The maximum Gasteiger partial charge on any atom is 0.231 e. The van der Waals surface area contributed by atoms with Crippen molar-refractivity contribution in [2.24, 2.45) is 0 Å². The van der Waals surface area contributed by atoms with Crippen LogP contribution in [-0.4, -0.2) is 64.2 Å². The molecule has 0 saturated carbocycles. The zero-order valence-electron chi connectivity index (χ0n) is 21.4. The van der Waals surface area contributed by atoms with Crippen molar-refractivity contribution in [3.8, 4) is 28.7 Å². The van der Waals surface area contributed by atoms with Gasteiger partial charge in [-0.05, 0) is 41.3 Å². The fourth-order valence-corrected chi connectivity index (χ4v) is 5.84. The van der Waals surface area contributed by atoms with Crippen molar-refractivity contribution < 1.29 is 18.9 Å². The first-order valence-electron chi connectivity index (χ1n) is 13.1. The summed E-state index contributed by atoms with van der Waals surface area (Å²) >= 11 is 1.64. The van der Waals surface area contributed by atoms with E-state index in [1.807, 2.05) is 28.8 Å². The maximum absolute atomic E-state index is 5.57. The molecule has 0 atom stereocenters. The molecule has 1 saturated heterocycles. The molecule has 0 unspecified atom stereocenters. The highest BCUT2D eigenvalue weighted by Crippen LogP contribution is 2.36.